The summed E-state index contributed by atoms with van der Waals surface area (Å²) in [5.74, 6) is 3.36. The van der Waals surface area contributed by atoms with Crippen molar-refractivity contribution in [3.05, 3.63) is 54.0 Å². The number of hydrogen-bond donors (Lipinski definition) is 0. The Kier molecular flexibility index (Phi) is 3.65. The second-order valence-corrected chi connectivity index (χ2v) is 6.93. The second-order valence-electron chi connectivity index (χ2n) is 6.93. The summed E-state index contributed by atoms with van der Waals surface area (Å²) in [6, 6.07) is 15.6. The molecule has 2 aromatic rings. The predicted molar refractivity (Wildman–Crippen MR) is 90.5 cm³/mol. The van der Waals surface area contributed by atoms with E-state index < -0.39 is 0 Å². The Balaban J connectivity index is 1.47. The van der Waals surface area contributed by atoms with Gasteiger partial charge in [-0.05, 0) is 43.0 Å². The topological polar surface area (TPSA) is 57.2 Å². The molecule has 0 N–H and O–H groups in total. The van der Waals surface area contributed by atoms with Crippen LogP contribution in [0.25, 0.3) is 0 Å². The van der Waals surface area contributed by atoms with Crippen molar-refractivity contribution in [1.82, 2.24) is 0 Å². The molecule has 1 amide bonds. The van der Waals surface area contributed by atoms with Gasteiger partial charge in [0, 0.05) is 23.4 Å². The van der Waals surface area contributed by atoms with Gasteiger partial charge in [-0.3, -0.25) is 9.69 Å². The van der Waals surface area contributed by atoms with Gasteiger partial charge < -0.3 is 4.42 Å². The maximum atomic E-state index is 12.8. The van der Waals surface area contributed by atoms with Gasteiger partial charge in [-0.1, -0.05) is 25.1 Å². The molecule has 1 aromatic carbocycles. The van der Waals surface area contributed by atoms with Crippen molar-refractivity contribution in [1.29, 1.82) is 5.26 Å². The molecule has 24 heavy (non-hydrogen) atoms. The summed E-state index contributed by atoms with van der Waals surface area (Å²) in [7, 11) is 0. The summed E-state index contributed by atoms with van der Waals surface area (Å²) in [5, 5.41) is 9.07. The number of rotatable bonds is 5. The maximum absolute atomic E-state index is 12.8. The average molecular weight is 320 g/mol. The number of nitrogens with zero attached hydrogens (tertiary/aromatic N) is 2. The number of amides is 1. The molecule has 2 aliphatic rings. The molecule has 2 fully saturated rings. The fourth-order valence-electron chi connectivity index (χ4n) is 3.44. The van der Waals surface area contributed by atoms with Crippen molar-refractivity contribution >= 4 is 11.6 Å². The molecular weight excluding hydrogens is 300 g/mol. The predicted octanol–water partition coefficient (Wildman–Crippen LogP) is 4.06. The molecule has 2 saturated carbocycles. The van der Waals surface area contributed by atoms with Crippen molar-refractivity contribution in [2.75, 3.05) is 11.4 Å². The highest BCUT2D eigenvalue weighted by Gasteiger charge is 2.48. The van der Waals surface area contributed by atoms with Crippen LogP contribution in [0, 0.1) is 23.2 Å². The highest BCUT2D eigenvalue weighted by atomic mass is 16.3. The number of nitriles is 1. The van der Waals surface area contributed by atoms with E-state index in [1.54, 1.807) is 4.90 Å². The zero-order valence-corrected chi connectivity index (χ0v) is 13.7. The van der Waals surface area contributed by atoms with Crippen molar-refractivity contribution in [3.63, 3.8) is 0 Å². The summed E-state index contributed by atoms with van der Waals surface area (Å²) in [5.41, 5.74) is 0.779. The van der Waals surface area contributed by atoms with Gasteiger partial charge in [0.15, 0.2) is 0 Å². The molecule has 0 saturated heterocycles. The molecule has 1 heterocycles. The molecule has 4 heteroatoms. The molecule has 0 aliphatic heterocycles. The SMILES string of the molecule is C[C@@H]1C[C@@H]1c1ccc([C@H]2C[C@@H]2C(=O)N(CC#N)c2ccccc2)o1. The van der Waals surface area contributed by atoms with Gasteiger partial charge in [0.1, 0.15) is 18.1 Å². The van der Waals surface area contributed by atoms with E-state index in [1.165, 1.54) is 6.42 Å². The number of anilines is 1. The molecule has 0 radical (unpaired) electrons. The smallest absolute Gasteiger partial charge is 0.231 e. The summed E-state index contributed by atoms with van der Waals surface area (Å²) < 4.78 is 5.99. The molecule has 122 valence electrons. The van der Waals surface area contributed by atoms with Crippen molar-refractivity contribution in [2.24, 2.45) is 11.8 Å². The van der Waals surface area contributed by atoms with E-state index in [9.17, 15) is 4.79 Å². The van der Waals surface area contributed by atoms with Crippen molar-refractivity contribution < 1.29 is 9.21 Å². The van der Waals surface area contributed by atoms with Gasteiger partial charge in [0.2, 0.25) is 5.91 Å². The Bertz CT molecular complexity index is 789. The quantitative estimate of drug-likeness (QED) is 0.781. The lowest BCUT2D eigenvalue weighted by Gasteiger charge is -2.19. The lowest BCUT2D eigenvalue weighted by Crippen LogP contribution is -2.32. The van der Waals surface area contributed by atoms with Crippen LogP contribution in [0.5, 0.6) is 0 Å². The summed E-state index contributed by atoms with van der Waals surface area (Å²) in [6.07, 6.45) is 2.00. The number of furan rings is 1. The average Bonchev–Trinajstić information content (AvgIpc) is 3.51. The molecule has 0 bridgehead atoms. The zero-order valence-electron chi connectivity index (χ0n) is 13.7. The Morgan fingerprint density at radius 1 is 1.17 bits per heavy atom. The van der Waals surface area contributed by atoms with Crippen LogP contribution in [0.15, 0.2) is 46.9 Å². The van der Waals surface area contributed by atoms with Crippen LogP contribution < -0.4 is 4.90 Å². The Morgan fingerprint density at radius 3 is 2.46 bits per heavy atom. The van der Waals surface area contributed by atoms with Crippen LogP contribution in [-0.4, -0.2) is 12.5 Å². The minimum atomic E-state index is -0.0748. The third-order valence-electron chi connectivity index (χ3n) is 5.16. The fraction of sp³-hybridized carbons (Fsp3) is 0.400. The van der Waals surface area contributed by atoms with Gasteiger partial charge in [-0.2, -0.15) is 5.26 Å². The first-order chi connectivity index (χ1) is 11.7. The first kappa shape index (κ1) is 15.0. The Hall–Kier alpha value is -2.54. The molecule has 4 rings (SSSR count). The highest BCUT2D eigenvalue weighted by molar-refractivity contribution is 5.97. The molecular formula is C20H20N2O2. The standard InChI is InChI=1S/C20H20N2O2/c1-13-11-15(13)18-7-8-19(24-18)16-12-17(16)20(23)22(10-9-21)14-5-3-2-4-6-14/h2-8,13,15-17H,10-12H2,1H3/t13-,15+,16+,17+/m1/s1. The van der Waals surface area contributed by atoms with E-state index in [0.29, 0.717) is 11.8 Å². The van der Waals surface area contributed by atoms with Gasteiger partial charge in [0.25, 0.3) is 0 Å². The van der Waals surface area contributed by atoms with E-state index in [-0.39, 0.29) is 24.3 Å². The van der Waals surface area contributed by atoms with E-state index in [2.05, 4.69) is 19.1 Å². The van der Waals surface area contributed by atoms with Gasteiger partial charge in [0.05, 0.1) is 6.07 Å². The summed E-state index contributed by atoms with van der Waals surface area (Å²) in [4.78, 5) is 14.4. The van der Waals surface area contributed by atoms with Crippen molar-refractivity contribution in [2.45, 2.75) is 31.6 Å². The zero-order chi connectivity index (χ0) is 16.7. The molecule has 2 aliphatic carbocycles. The molecule has 4 nitrogen and oxygen atoms in total. The largest absolute Gasteiger partial charge is 0.465 e. The number of carbonyl (C=O) groups is 1. The molecule has 1 aromatic heterocycles. The lowest BCUT2D eigenvalue weighted by atomic mass is 10.2. The fourth-order valence-corrected chi connectivity index (χ4v) is 3.44. The van der Waals surface area contributed by atoms with E-state index in [1.807, 2.05) is 36.4 Å². The maximum Gasteiger partial charge on any atom is 0.231 e. The molecule has 0 spiro atoms. The monoisotopic (exact) mass is 320 g/mol. The van der Waals surface area contributed by atoms with Crippen LogP contribution in [0.2, 0.25) is 0 Å². The van der Waals surface area contributed by atoms with Gasteiger partial charge >= 0.3 is 0 Å². The Labute approximate surface area is 141 Å². The van der Waals surface area contributed by atoms with Gasteiger partial charge in [-0.25, -0.2) is 0 Å². The van der Waals surface area contributed by atoms with Crippen LogP contribution >= 0.6 is 0 Å². The van der Waals surface area contributed by atoms with E-state index >= 15 is 0 Å². The summed E-state index contributed by atoms with van der Waals surface area (Å²) >= 11 is 0. The third-order valence-corrected chi connectivity index (χ3v) is 5.16. The third kappa shape index (κ3) is 2.71. The Morgan fingerprint density at radius 2 is 1.83 bits per heavy atom. The van der Waals surface area contributed by atoms with Crippen LogP contribution in [0.3, 0.4) is 0 Å². The minimum absolute atomic E-state index is 0.0190. The second kappa shape index (κ2) is 5.83. The molecule has 0 unspecified atom stereocenters. The normalized spacial score (nSPS) is 27.3. The van der Waals surface area contributed by atoms with E-state index in [4.69, 9.17) is 9.68 Å². The van der Waals surface area contributed by atoms with E-state index in [0.717, 1.165) is 23.6 Å². The number of hydrogen-bond acceptors (Lipinski definition) is 3. The molecule has 4 atom stereocenters. The van der Waals surface area contributed by atoms with Crippen LogP contribution in [-0.2, 0) is 4.79 Å². The number of benzene rings is 1. The van der Waals surface area contributed by atoms with Crippen LogP contribution in [0.4, 0.5) is 5.69 Å². The lowest BCUT2D eigenvalue weighted by molar-refractivity contribution is -0.119. The summed E-state index contributed by atoms with van der Waals surface area (Å²) in [6.45, 7) is 2.31. The first-order valence-corrected chi connectivity index (χ1v) is 8.52. The number of para-hydroxylation sites is 1. The number of carbonyl (C=O) groups excluding carboxylic acids is 1. The minimum Gasteiger partial charge on any atom is -0.465 e. The first-order valence-electron chi connectivity index (χ1n) is 8.52. The van der Waals surface area contributed by atoms with Crippen molar-refractivity contribution in [3.8, 4) is 6.07 Å². The van der Waals surface area contributed by atoms with Gasteiger partial charge in [-0.15, -0.1) is 0 Å². The van der Waals surface area contributed by atoms with Crippen LogP contribution in [0.1, 0.15) is 43.1 Å². The highest BCUT2D eigenvalue weighted by Crippen LogP contribution is 2.52.